The van der Waals surface area contributed by atoms with Crippen LogP contribution in [0.5, 0.6) is 0 Å². The minimum Gasteiger partial charge on any atom is -0.479 e. The predicted octanol–water partition coefficient (Wildman–Crippen LogP) is -1.15. The van der Waals surface area contributed by atoms with E-state index >= 15 is 0 Å². The molecule has 0 aliphatic heterocycles. The Kier molecular flexibility index (Phi) is 1.92. The van der Waals surface area contributed by atoms with Crippen molar-refractivity contribution in [1.82, 2.24) is 10.2 Å². The zero-order valence-electron chi connectivity index (χ0n) is 6.02. The largest absolute Gasteiger partial charge is 0.479 e. The van der Waals surface area contributed by atoms with Crippen LogP contribution in [0.4, 0.5) is 0 Å². The molecule has 0 aliphatic carbocycles. The fraction of sp³-hybridized carbons (Fsp3) is 0.167. The third-order valence-corrected chi connectivity index (χ3v) is 1.49. The van der Waals surface area contributed by atoms with Crippen molar-refractivity contribution in [3.63, 3.8) is 0 Å². The van der Waals surface area contributed by atoms with Gasteiger partial charge in [0, 0.05) is 6.20 Å². The molecule has 0 spiro atoms. The molecule has 0 saturated heterocycles. The highest BCUT2D eigenvalue weighted by molar-refractivity contribution is 5.97. The molecule has 6 heteroatoms. The van der Waals surface area contributed by atoms with E-state index in [9.17, 15) is 9.59 Å². The number of rotatable bonds is 3. The van der Waals surface area contributed by atoms with E-state index in [1.165, 1.54) is 12.3 Å². The summed E-state index contributed by atoms with van der Waals surface area (Å²) in [6.07, 6.45) is 1.48. The summed E-state index contributed by atoms with van der Waals surface area (Å²) in [5, 5.41) is 14.4. The number of aromatic amines is 1. The Morgan fingerprint density at radius 1 is 1.83 bits per heavy atom. The number of aldehydes is 1. The molecule has 1 aromatic heterocycles. The molecule has 0 saturated carbocycles. The van der Waals surface area contributed by atoms with Crippen LogP contribution in [0.25, 0.3) is 0 Å². The molecular weight excluding hydrogens is 162 g/mol. The minimum absolute atomic E-state index is 0.0602. The van der Waals surface area contributed by atoms with Crippen molar-refractivity contribution in [2.75, 3.05) is 0 Å². The smallest absolute Gasteiger partial charge is 0.337 e. The molecule has 0 fully saturated rings. The van der Waals surface area contributed by atoms with Crippen molar-refractivity contribution >= 4 is 12.3 Å². The number of hydrogen-bond acceptors (Lipinski definition) is 4. The molecule has 1 atom stereocenters. The maximum absolute atomic E-state index is 10.5. The lowest BCUT2D eigenvalue weighted by Crippen LogP contribution is -2.46. The molecule has 0 bridgehead atoms. The number of H-pyrrole nitrogens is 1. The summed E-state index contributed by atoms with van der Waals surface area (Å²) in [6.45, 7) is 0. The van der Waals surface area contributed by atoms with Crippen LogP contribution >= 0.6 is 0 Å². The van der Waals surface area contributed by atoms with Gasteiger partial charge >= 0.3 is 5.97 Å². The number of carbonyl (C=O) groups excluding carboxylic acids is 1. The van der Waals surface area contributed by atoms with Gasteiger partial charge in [0.1, 0.15) is 0 Å². The predicted molar refractivity (Wildman–Crippen MR) is 38.2 cm³/mol. The third kappa shape index (κ3) is 1.08. The molecule has 4 N–H and O–H groups in total. The molecule has 1 heterocycles. The summed E-state index contributed by atoms with van der Waals surface area (Å²) in [6, 6.07) is 1.34. The highest BCUT2D eigenvalue weighted by Crippen LogP contribution is 2.12. The van der Waals surface area contributed by atoms with Crippen molar-refractivity contribution in [1.29, 1.82) is 0 Å². The van der Waals surface area contributed by atoms with Gasteiger partial charge in [-0.25, -0.2) is 4.79 Å². The van der Waals surface area contributed by atoms with E-state index in [0.29, 0.717) is 0 Å². The summed E-state index contributed by atoms with van der Waals surface area (Å²) in [7, 11) is 0. The van der Waals surface area contributed by atoms with Crippen molar-refractivity contribution < 1.29 is 14.7 Å². The van der Waals surface area contributed by atoms with E-state index in [0.717, 1.165) is 0 Å². The highest BCUT2D eigenvalue weighted by atomic mass is 16.4. The SMILES string of the molecule is NC(C=O)(C(=O)O)c1ccn[nH]1. The standard InChI is InChI=1S/C6H7N3O3/c7-6(3-10,5(11)12)4-1-2-8-9-4/h1-3H,7H2,(H,8,9)(H,11,12). The number of nitrogens with one attached hydrogen (secondary N) is 1. The van der Waals surface area contributed by atoms with Crippen LogP contribution < -0.4 is 5.73 Å². The Morgan fingerprint density at radius 2 is 2.50 bits per heavy atom. The van der Waals surface area contributed by atoms with Crippen LogP contribution in [-0.2, 0) is 15.1 Å². The molecule has 0 radical (unpaired) electrons. The molecule has 0 aliphatic rings. The zero-order chi connectivity index (χ0) is 9.19. The molecule has 0 aromatic carbocycles. The van der Waals surface area contributed by atoms with Crippen LogP contribution in [0.15, 0.2) is 12.3 Å². The van der Waals surface area contributed by atoms with Crippen LogP contribution in [0, 0.1) is 0 Å². The molecule has 12 heavy (non-hydrogen) atoms. The second-order valence-corrected chi connectivity index (χ2v) is 2.26. The molecule has 6 nitrogen and oxygen atoms in total. The van der Waals surface area contributed by atoms with Crippen molar-refractivity contribution in [2.24, 2.45) is 5.73 Å². The van der Waals surface area contributed by atoms with Gasteiger partial charge in [0.2, 0.25) is 5.54 Å². The maximum Gasteiger partial charge on any atom is 0.337 e. The van der Waals surface area contributed by atoms with Gasteiger partial charge in [-0.1, -0.05) is 0 Å². The Bertz CT molecular complexity index is 295. The maximum atomic E-state index is 10.5. The normalized spacial score (nSPS) is 15.1. The Labute approximate surface area is 67.4 Å². The van der Waals surface area contributed by atoms with Gasteiger partial charge in [-0.15, -0.1) is 0 Å². The summed E-state index contributed by atoms with van der Waals surface area (Å²) >= 11 is 0. The van der Waals surface area contributed by atoms with E-state index in [4.69, 9.17) is 10.8 Å². The number of aliphatic carboxylic acids is 1. The fourth-order valence-electron chi connectivity index (χ4n) is 0.715. The molecule has 1 rings (SSSR count). The first-order valence-corrected chi connectivity index (χ1v) is 3.09. The number of carboxylic acid groups (broad SMARTS) is 1. The minimum atomic E-state index is -2.02. The topological polar surface area (TPSA) is 109 Å². The van der Waals surface area contributed by atoms with E-state index in [1.54, 1.807) is 0 Å². The van der Waals surface area contributed by atoms with Gasteiger partial charge in [0.05, 0.1) is 5.69 Å². The first kappa shape index (κ1) is 8.41. The third-order valence-electron chi connectivity index (χ3n) is 1.49. The quantitative estimate of drug-likeness (QED) is 0.391. The van der Waals surface area contributed by atoms with Gasteiger partial charge in [-0.05, 0) is 6.07 Å². The van der Waals surface area contributed by atoms with Crippen LogP contribution in [-0.4, -0.2) is 27.6 Å². The number of nitrogens with zero attached hydrogens (tertiary/aromatic N) is 1. The summed E-state index contributed by atoms with van der Waals surface area (Å²) in [5.41, 5.74) is 3.31. The molecule has 0 amide bonds. The van der Waals surface area contributed by atoms with Crippen molar-refractivity contribution in [3.05, 3.63) is 18.0 Å². The number of aromatic nitrogens is 2. The first-order chi connectivity index (χ1) is 5.61. The number of carbonyl (C=O) groups is 2. The Balaban J connectivity index is 3.12. The average molecular weight is 169 g/mol. The lowest BCUT2D eigenvalue weighted by molar-refractivity contribution is -0.145. The monoisotopic (exact) mass is 169 g/mol. The van der Waals surface area contributed by atoms with Crippen LogP contribution in [0.2, 0.25) is 0 Å². The summed E-state index contributed by atoms with van der Waals surface area (Å²) < 4.78 is 0. The van der Waals surface area contributed by atoms with Gasteiger partial charge < -0.3 is 15.6 Å². The average Bonchev–Trinajstić information content (AvgIpc) is 2.54. The van der Waals surface area contributed by atoms with Crippen molar-refractivity contribution in [2.45, 2.75) is 5.54 Å². The lowest BCUT2D eigenvalue weighted by atomic mass is 9.99. The Morgan fingerprint density at radius 3 is 2.83 bits per heavy atom. The zero-order valence-corrected chi connectivity index (χ0v) is 6.02. The van der Waals surface area contributed by atoms with E-state index in [-0.39, 0.29) is 12.0 Å². The summed E-state index contributed by atoms with van der Waals surface area (Å²) in [5.74, 6) is -1.42. The molecule has 1 unspecified atom stereocenters. The van der Waals surface area contributed by atoms with Gasteiger partial charge in [-0.2, -0.15) is 5.10 Å². The van der Waals surface area contributed by atoms with Crippen molar-refractivity contribution in [3.8, 4) is 0 Å². The molecule has 64 valence electrons. The number of hydrogen-bond donors (Lipinski definition) is 3. The van der Waals surface area contributed by atoms with Gasteiger partial charge in [0.15, 0.2) is 6.29 Å². The summed E-state index contributed by atoms with van der Waals surface area (Å²) in [4.78, 5) is 21.0. The van der Waals surface area contributed by atoms with Gasteiger partial charge in [-0.3, -0.25) is 5.10 Å². The van der Waals surface area contributed by atoms with Gasteiger partial charge in [0.25, 0.3) is 0 Å². The van der Waals surface area contributed by atoms with Crippen LogP contribution in [0.3, 0.4) is 0 Å². The highest BCUT2D eigenvalue weighted by Gasteiger charge is 2.37. The molecular formula is C6H7N3O3. The fourth-order valence-corrected chi connectivity index (χ4v) is 0.715. The second-order valence-electron chi connectivity index (χ2n) is 2.26. The van der Waals surface area contributed by atoms with E-state index in [2.05, 4.69) is 10.2 Å². The number of nitrogens with two attached hydrogens (primary N) is 1. The second kappa shape index (κ2) is 2.74. The van der Waals surface area contributed by atoms with E-state index in [1.807, 2.05) is 0 Å². The number of carboxylic acids is 1. The first-order valence-electron chi connectivity index (χ1n) is 3.09. The van der Waals surface area contributed by atoms with Crippen LogP contribution in [0.1, 0.15) is 5.69 Å². The Hall–Kier alpha value is -1.69. The lowest BCUT2D eigenvalue weighted by Gasteiger charge is -2.14. The molecule has 1 aromatic rings. The van der Waals surface area contributed by atoms with E-state index < -0.39 is 11.5 Å².